The summed E-state index contributed by atoms with van der Waals surface area (Å²) in [5.41, 5.74) is 0. The summed E-state index contributed by atoms with van der Waals surface area (Å²) < 4.78 is 22.4. The first kappa shape index (κ1) is 15.1. The maximum absolute atomic E-state index is 11.7. The molecule has 1 atom stereocenters. The summed E-state index contributed by atoms with van der Waals surface area (Å²) in [5, 5.41) is 11.3. The van der Waals surface area contributed by atoms with Gasteiger partial charge in [0.2, 0.25) is 0 Å². The molecule has 0 aromatic carbocycles. The van der Waals surface area contributed by atoms with Crippen LogP contribution in [0.3, 0.4) is 0 Å². The third kappa shape index (κ3) is 4.05. The molecule has 1 unspecified atom stereocenters. The van der Waals surface area contributed by atoms with Gasteiger partial charge in [-0.3, -0.25) is 0 Å². The van der Waals surface area contributed by atoms with Crippen molar-refractivity contribution in [1.29, 1.82) is 0 Å². The molecule has 1 rings (SSSR count). The van der Waals surface area contributed by atoms with E-state index in [-0.39, 0.29) is 18.1 Å². The van der Waals surface area contributed by atoms with Gasteiger partial charge in [-0.1, -0.05) is 6.92 Å². The van der Waals surface area contributed by atoms with E-state index in [1.54, 1.807) is 0 Å². The van der Waals surface area contributed by atoms with Gasteiger partial charge in [0.15, 0.2) is 9.84 Å². The van der Waals surface area contributed by atoms with Crippen LogP contribution in [0, 0.1) is 0 Å². The van der Waals surface area contributed by atoms with Gasteiger partial charge >= 0.3 is 12.0 Å². The molecule has 0 aromatic heterocycles. The van der Waals surface area contributed by atoms with Gasteiger partial charge < -0.3 is 15.3 Å². The number of sulfone groups is 1. The summed E-state index contributed by atoms with van der Waals surface area (Å²) in [5.74, 6) is -0.482. The molecule has 2 amide bonds. The zero-order chi connectivity index (χ0) is 13.8. The molecular formula is C9H16N2O5S2. The molecule has 0 radical (unpaired) electrons. The number of carboxylic acids is 1. The molecule has 1 saturated heterocycles. The van der Waals surface area contributed by atoms with Gasteiger partial charge in [-0.25, -0.2) is 18.0 Å². The van der Waals surface area contributed by atoms with Gasteiger partial charge in [0.25, 0.3) is 0 Å². The number of urea groups is 1. The maximum atomic E-state index is 11.7. The number of hydrogen-bond donors (Lipinski definition) is 2. The second kappa shape index (κ2) is 6.28. The van der Waals surface area contributed by atoms with Gasteiger partial charge in [0.1, 0.15) is 6.04 Å². The van der Waals surface area contributed by atoms with Crippen LogP contribution < -0.4 is 5.32 Å². The topological polar surface area (TPSA) is 104 Å². The first-order valence-electron chi connectivity index (χ1n) is 5.43. The van der Waals surface area contributed by atoms with Gasteiger partial charge in [0, 0.05) is 18.1 Å². The summed E-state index contributed by atoms with van der Waals surface area (Å²) in [6.45, 7) is 1.54. The molecule has 18 heavy (non-hydrogen) atoms. The van der Waals surface area contributed by atoms with E-state index in [4.69, 9.17) is 5.11 Å². The lowest BCUT2D eigenvalue weighted by molar-refractivity contribution is -0.140. The van der Waals surface area contributed by atoms with Crippen molar-refractivity contribution in [3.8, 4) is 0 Å². The number of nitrogens with one attached hydrogen (secondary N) is 1. The van der Waals surface area contributed by atoms with Crippen molar-refractivity contribution in [2.24, 2.45) is 0 Å². The summed E-state index contributed by atoms with van der Waals surface area (Å²) in [6, 6.07) is -1.36. The lowest BCUT2D eigenvalue weighted by Gasteiger charge is -2.20. The first-order chi connectivity index (χ1) is 8.37. The van der Waals surface area contributed by atoms with Crippen LogP contribution in [0.2, 0.25) is 0 Å². The Morgan fingerprint density at radius 1 is 1.50 bits per heavy atom. The van der Waals surface area contributed by atoms with E-state index in [0.717, 1.165) is 0 Å². The van der Waals surface area contributed by atoms with Gasteiger partial charge in [0.05, 0.1) is 11.6 Å². The molecule has 0 saturated carbocycles. The zero-order valence-electron chi connectivity index (χ0n) is 9.96. The van der Waals surface area contributed by atoms with E-state index in [1.807, 2.05) is 0 Å². The van der Waals surface area contributed by atoms with Crippen LogP contribution in [0.25, 0.3) is 0 Å². The number of rotatable bonds is 5. The van der Waals surface area contributed by atoms with Crippen LogP contribution in [0.1, 0.15) is 6.92 Å². The minimum atomic E-state index is -3.12. The molecule has 104 valence electrons. The molecule has 0 aliphatic carbocycles. The Labute approximate surface area is 110 Å². The number of nitrogens with zero attached hydrogens (tertiary/aromatic N) is 1. The third-order valence-corrected chi connectivity index (χ3v) is 5.28. The van der Waals surface area contributed by atoms with Crippen LogP contribution in [0.5, 0.6) is 0 Å². The summed E-state index contributed by atoms with van der Waals surface area (Å²) in [4.78, 5) is 23.7. The Morgan fingerprint density at radius 3 is 2.72 bits per heavy atom. The van der Waals surface area contributed by atoms with Crippen LogP contribution in [0.15, 0.2) is 0 Å². The second-order valence-electron chi connectivity index (χ2n) is 3.79. The average molecular weight is 296 g/mol. The van der Waals surface area contributed by atoms with Gasteiger partial charge in [-0.15, -0.1) is 11.8 Å². The second-order valence-corrected chi connectivity index (χ2v) is 7.26. The molecule has 1 fully saturated rings. The summed E-state index contributed by atoms with van der Waals surface area (Å²) in [7, 11) is -3.12. The predicted octanol–water partition coefficient (Wildman–Crippen LogP) is -0.410. The Hall–Kier alpha value is -0.960. The smallest absolute Gasteiger partial charge is 0.327 e. The minimum absolute atomic E-state index is 0.00249. The molecule has 9 heteroatoms. The monoisotopic (exact) mass is 296 g/mol. The van der Waals surface area contributed by atoms with Crippen LogP contribution >= 0.6 is 11.8 Å². The van der Waals surface area contributed by atoms with E-state index < -0.39 is 27.9 Å². The van der Waals surface area contributed by atoms with Crippen LogP contribution in [0.4, 0.5) is 4.79 Å². The molecule has 0 spiro atoms. The number of carbonyl (C=O) groups is 2. The predicted molar refractivity (Wildman–Crippen MR) is 68.3 cm³/mol. The Morgan fingerprint density at radius 2 is 2.17 bits per heavy atom. The highest BCUT2D eigenvalue weighted by Gasteiger charge is 2.34. The quantitative estimate of drug-likeness (QED) is 0.715. The molecule has 0 aromatic rings. The van der Waals surface area contributed by atoms with Crippen molar-refractivity contribution in [2.45, 2.75) is 13.0 Å². The van der Waals surface area contributed by atoms with E-state index in [0.29, 0.717) is 11.6 Å². The van der Waals surface area contributed by atoms with Crippen molar-refractivity contribution in [1.82, 2.24) is 10.2 Å². The summed E-state index contributed by atoms with van der Waals surface area (Å²) in [6.07, 6.45) is 0. The highest BCUT2D eigenvalue weighted by atomic mass is 32.2. The highest BCUT2D eigenvalue weighted by Crippen LogP contribution is 2.20. The third-order valence-electron chi connectivity index (χ3n) is 2.56. The van der Waals surface area contributed by atoms with Crippen molar-refractivity contribution in [3.63, 3.8) is 0 Å². The standard InChI is InChI=1S/C9H16N2O5S2/c1-2-18(15,16)4-3-10-9(14)11-6-17-5-7(11)8(12)13/h7H,2-6H2,1H3,(H,10,14)(H,12,13). The Balaban J connectivity index is 2.44. The summed E-state index contributed by atoms with van der Waals surface area (Å²) >= 11 is 1.36. The molecular weight excluding hydrogens is 280 g/mol. The number of carboxylic acid groups (broad SMARTS) is 1. The maximum Gasteiger partial charge on any atom is 0.327 e. The number of amides is 2. The largest absolute Gasteiger partial charge is 0.480 e. The van der Waals surface area contributed by atoms with Crippen molar-refractivity contribution < 1.29 is 23.1 Å². The molecule has 1 heterocycles. The molecule has 1 aliphatic heterocycles. The SMILES string of the molecule is CCS(=O)(=O)CCNC(=O)N1CSCC1C(=O)O. The van der Waals surface area contributed by atoms with Crippen LogP contribution in [-0.4, -0.2) is 66.1 Å². The number of thioether (sulfide) groups is 1. The minimum Gasteiger partial charge on any atom is -0.480 e. The highest BCUT2D eigenvalue weighted by molar-refractivity contribution is 7.99. The van der Waals surface area contributed by atoms with Crippen molar-refractivity contribution >= 4 is 33.6 Å². The fourth-order valence-electron chi connectivity index (χ4n) is 1.41. The molecule has 2 N–H and O–H groups in total. The molecule has 7 nitrogen and oxygen atoms in total. The van der Waals surface area contributed by atoms with Crippen LogP contribution in [-0.2, 0) is 14.6 Å². The molecule has 1 aliphatic rings. The van der Waals surface area contributed by atoms with E-state index in [1.165, 1.54) is 23.6 Å². The van der Waals surface area contributed by atoms with Crippen molar-refractivity contribution in [3.05, 3.63) is 0 Å². The first-order valence-corrected chi connectivity index (χ1v) is 8.40. The normalized spacial score (nSPS) is 19.8. The van der Waals surface area contributed by atoms with E-state index in [2.05, 4.69) is 5.32 Å². The zero-order valence-corrected chi connectivity index (χ0v) is 11.6. The fraction of sp³-hybridized carbons (Fsp3) is 0.778. The van der Waals surface area contributed by atoms with E-state index >= 15 is 0 Å². The molecule has 0 bridgehead atoms. The lowest BCUT2D eigenvalue weighted by Crippen LogP contribution is -2.47. The number of aliphatic carboxylic acids is 1. The number of hydrogen-bond acceptors (Lipinski definition) is 5. The number of carbonyl (C=O) groups excluding carboxylic acids is 1. The Kier molecular flexibility index (Phi) is 5.27. The fourth-order valence-corrected chi connectivity index (χ4v) is 3.25. The van der Waals surface area contributed by atoms with Gasteiger partial charge in [-0.2, -0.15) is 0 Å². The Bertz CT molecular complexity index is 423. The average Bonchev–Trinajstić information content (AvgIpc) is 2.77. The van der Waals surface area contributed by atoms with Gasteiger partial charge in [-0.05, 0) is 0 Å². The lowest BCUT2D eigenvalue weighted by atomic mass is 10.3. The van der Waals surface area contributed by atoms with Crippen molar-refractivity contribution in [2.75, 3.05) is 29.7 Å². The van der Waals surface area contributed by atoms with E-state index in [9.17, 15) is 18.0 Å².